The zero-order chi connectivity index (χ0) is 11.5. The first-order chi connectivity index (χ1) is 7.66. The van der Waals surface area contributed by atoms with Crippen molar-refractivity contribution >= 4 is 21.4 Å². The molecule has 2 heteroatoms. The molecule has 2 rings (SSSR count). The summed E-state index contributed by atoms with van der Waals surface area (Å²) < 4.78 is 1.37. The van der Waals surface area contributed by atoms with Crippen LogP contribution in [-0.4, -0.2) is 6.04 Å². The van der Waals surface area contributed by atoms with Crippen molar-refractivity contribution in [2.45, 2.75) is 32.7 Å². The summed E-state index contributed by atoms with van der Waals surface area (Å²) >= 11 is 1.82. The maximum Gasteiger partial charge on any atom is 0.0345 e. The summed E-state index contributed by atoms with van der Waals surface area (Å²) in [5.41, 5.74) is 7.57. The van der Waals surface area contributed by atoms with Gasteiger partial charge >= 0.3 is 0 Å². The zero-order valence-corrected chi connectivity index (χ0v) is 10.8. The number of hydrogen-bond acceptors (Lipinski definition) is 2. The van der Waals surface area contributed by atoms with Crippen LogP contribution in [0.25, 0.3) is 10.1 Å². The van der Waals surface area contributed by atoms with Gasteiger partial charge < -0.3 is 5.73 Å². The van der Waals surface area contributed by atoms with Crippen molar-refractivity contribution in [3.05, 3.63) is 35.2 Å². The molecule has 2 aromatic rings. The molecule has 0 radical (unpaired) electrons. The molecule has 0 unspecified atom stereocenters. The zero-order valence-electron chi connectivity index (χ0n) is 9.94. The summed E-state index contributed by atoms with van der Waals surface area (Å²) in [5.74, 6) is 0.680. The first kappa shape index (κ1) is 11.6. The van der Waals surface area contributed by atoms with Crippen LogP contribution in [0.5, 0.6) is 0 Å². The van der Waals surface area contributed by atoms with E-state index in [0.29, 0.717) is 5.92 Å². The normalized spacial score (nSPS) is 13.5. The molecular weight excluding hydrogens is 214 g/mol. The molecule has 0 saturated heterocycles. The molecular formula is C14H19NS. The Labute approximate surface area is 101 Å². The Hall–Kier alpha value is -0.860. The topological polar surface area (TPSA) is 26.0 Å². The second-order valence-electron chi connectivity index (χ2n) is 4.85. The highest BCUT2D eigenvalue weighted by atomic mass is 32.1. The molecule has 1 nitrogen and oxygen atoms in total. The third-order valence-electron chi connectivity index (χ3n) is 2.82. The number of thiophene rings is 1. The van der Waals surface area contributed by atoms with Gasteiger partial charge in [-0.15, -0.1) is 11.3 Å². The van der Waals surface area contributed by atoms with Gasteiger partial charge in [0.05, 0.1) is 0 Å². The van der Waals surface area contributed by atoms with E-state index in [9.17, 15) is 0 Å². The predicted molar refractivity (Wildman–Crippen MR) is 73.0 cm³/mol. The van der Waals surface area contributed by atoms with Gasteiger partial charge in [-0.1, -0.05) is 32.0 Å². The van der Waals surface area contributed by atoms with Gasteiger partial charge in [0.25, 0.3) is 0 Å². The fraction of sp³-hybridized carbons (Fsp3) is 0.429. The van der Waals surface area contributed by atoms with E-state index >= 15 is 0 Å². The van der Waals surface area contributed by atoms with Crippen LogP contribution in [0, 0.1) is 5.92 Å². The number of hydrogen-bond donors (Lipinski definition) is 1. The van der Waals surface area contributed by atoms with E-state index in [-0.39, 0.29) is 6.04 Å². The predicted octanol–water partition coefficient (Wildman–Crippen LogP) is 3.82. The van der Waals surface area contributed by atoms with Crippen molar-refractivity contribution < 1.29 is 0 Å². The average molecular weight is 233 g/mol. The lowest BCUT2D eigenvalue weighted by atomic mass is 9.98. The van der Waals surface area contributed by atoms with E-state index in [0.717, 1.165) is 12.8 Å². The summed E-state index contributed by atoms with van der Waals surface area (Å²) in [6, 6.07) is 8.86. The lowest BCUT2D eigenvalue weighted by Crippen LogP contribution is -2.24. The average Bonchev–Trinajstić information content (AvgIpc) is 2.61. The largest absolute Gasteiger partial charge is 0.327 e. The number of fused-ring (bicyclic) bond motifs is 1. The molecule has 0 aliphatic rings. The molecule has 1 aromatic carbocycles. The highest BCUT2D eigenvalue weighted by Crippen LogP contribution is 2.26. The van der Waals surface area contributed by atoms with Crippen LogP contribution < -0.4 is 5.73 Å². The molecule has 0 bridgehead atoms. The van der Waals surface area contributed by atoms with Crippen LogP contribution in [0.4, 0.5) is 0 Å². The van der Waals surface area contributed by atoms with E-state index in [4.69, 9.17) is 5.73 Å². The molecule has 16 heavy (non-hydrogen) atoms. The number of nitrogens with two attached hydrogens (primary N) is 1. The molecule has 2 N–H and O–H groups in total. The summed E-state index contributed by atoms with van der Waals surface area (Å²) in [6.45, 7) is 4.46. The maximum absolute atomic E-state index is 6.16. The molecule has 0 amide bonds. The highest BCUT2D eigenvalue weighted by molar-refractivity contribution is 7.17. The van der Waals surface area contributed by atoms with Gasteiger partial charge in [0.15, 0.2) is 0 Å². The van der Waals surface area contributed by atoms with Crippen LogP contribution in [0.3, 0.4) is 0 Å². The van der Waals surface area contributed by atoms with Gasteiger partial charge in [0, 0.05) is 10.7 Å². The Morgan fingerprint density at radius 1 is 1.25 bits per heavy atom. The molecule has 0 fully saturated rings. The van der Waals surface area contributed by atoms with Crippen molar-refractivity contribution in [3.63, 3.8) is 0 Å². The molecule has 1 heterocycles. The third kappa shape index (κ3) is 2.63. The van der Waals surface area contributed by atoms with Crippen molar-refractivity contribution in [1.29, 1.82) is 0 Å². The summed E-state index contributed by atoms with van der Waals surface area (Å²) in [6.07, 6.45) is 2.10. The lowest BCUT2D eigenvalue weighted by molar-refractivity contribution is 0.494. The van der Waals surface area contributed by atoms with Crippen molar-refractivity contribution in [3.8, 4) is 0 Å². The first-order valence-electron chi connectivity index (χ1n) is 5.87. The number of rotatable bonds is 4. The van der Waals surface area contributed by atoms with E-state index in [1.165, 1.54) is 15.6 Å². The second-order valence-corrected chi connectivity index (χ2v) is 5.76. The smallest absolute Gasteiger partial charge is 0.0345 e. The first-order valence-corrected chi connectivity index (χ1v) is 6.75. The van der Waals surface area contributed by atoms with Crippen LogP contribution >= 0.6 is 11.3 Å². The van der Waals surface area contributed by atoms with Crippen molar-refractivity contribution in [1.82, 2.24) is 0 Å². The van der Waals surface area contributed by atoms with Crippen molar-refractivity contribution in [2.75, 3.05) is 0 Å². The van der Waals surface area contributed by atoms with E-state index in [1.807, 2.05) is 11.3 Å². The summed E-state index contributed by atoms with van der Waals surface area (Å²) in [7, 11) is 0. The molecule has 0 saturated carbocycles. The molecule has 0 aliphatic carbocycles. The van der Waals surface area contributed by atoms with Gasteiger partial charge in [-0.25, -0.2) is 0 Å². The standard InChI is InChI=1S/C14H19NS/c1-10(2)7-12(15)8-11-9-16-14-6-4-3-5-13(11)14/h3-6,9-10,12H,7-8,15H2,1-2H3/t12-/m1/s1. The molecule has 0 aliphatic heterocycles. The Balaban J connectivity index is 2.15. The van der Waals surface area contributed by atoms with Gasteiger partial charge in [0.2, 0.25) is 0 Å². The minimum atomic E-state index is 0.290. The third-order valence-corrected chi connectivity index (χ3v) is 3.83. The maximum atomic E-state index is 6.16. The minimum absolute atomic E-state index is 0.290. The Morgan fingerprint density at radius 3 is 2.75 bits per heavy atom. The van der Waals surface area contributed by atoms with Gasteiger partial charge in [-0.2, -0.15) is 0 Å². The van der Waals surface area contributed by atoms with E-state index in [1.54, 1.807) is 0 Å². The van der Waals surface area contributed by atoms with Crippen LogP contribution in [0.15, 0.2) is 29.6 Å². The lowest BCUT2D eigenvalue weighted by Gasteiger charge is -2.13. The molecule has 1 aromatic heterocycles. The second kappa shape index (κ2) is 4.98. The monoisotopic (exact) mass is 233 g/mol. The van der Waals surface area contributed by atoms with Crippen LogP contribution in [-0.2, 0) is 6.42 Å². The SMILES string of the molecule is CC(C)C[C@@H](N)Cc1csc2ccccc12. The highest BCUT2D eigenvalue weighted by Gasteiger charge is 2.10. The van der Waals surface area contributed by atoms with Gasteiger partial charge in [-0.3, -0.25) is 0 Å². The molecule has 0 spiro atoms. The Bertz CT molecular complexity index is 458. The minimum Gasteiger partial charge on any atom is -0.327 e. The quantitative estimate of drug-likeness (QED) is 0.853. The molecule has 86 valence electrons. The van der Waals surface area contributed by atoms with Crippen LogP contribution in [0.1, 0.15) is 25.8 Å². The van der Waals surface area contributed by atoms with Gasteiger partial charge in [0.1, 0.15) is 0 Å². The molecule has 1 atom stereocenters. The summed E-state index contributed by atoms with van der Waals surface area (Å²) in [5, 5.41) is 3.64. The van der Waals surface area contributed by atoms with Crippen LogP contribution in [0.2, 0.25) is 0 Å². The van der Waals surface area contributed by atoms with Gasteiger partial charge in [-0.05, 0) is 41.2 Å². The fourth-order valence-electron chi connectivity index (χ4n) is 2.16. The Morgan fingerprint density at radius 2 is 2.00 bits per heavy atom. The van der Waals surface area contributed by atoms with E-state index < -0.39 is 0 Å². The fourth-order valence-corrected chi connectivity index (χ4v) is 3.14. The Kier molecular flexibility index (Phi) is 3.62. The van der Waals surface area contributed by atoms with Crippen molar-refractivity contribution in [2.24, 2.45) is 11.7 Å². The number of benzene rings is 1. The van der Waals surface area contributed by atoms with E-state index in [2.05, 4.69) is 43.5 Å². The summed E-state index contributed by atoms with van der Waals surface area (Å²) in [4.78, 5) is 0.